The average Bonchev–Trinajstić information content (AvgIpc) is 3.07. The molecule has 0 saturated heterocycles. The molecule has 98 valence electrons. The Bertz CT molecular complexity index is 448. The van der Waals surface area contributed by atoms with Crippen molar-refractivity contribution < 1.29 is 9.53 Å². The van der Waals surface area contributed by atoms with Gasteiger partial charge in [-0.25, -0.2) is 0 Å². The number of benzene rings is 1. The SMILES string of the molecule is COc1cccc([C@@H]2C[C@H]2CC(=O)[Si](C)(C)C)c1. The maximum Gasteiger partial charge on any atom is 0.123 e. The van der Waals surface area contributed by atoms with Gasteiger partial charge in [0.2, 0.25) is 0 Å². The van der Waals surface area contributed by atoms with E-state index < -0.39 is 8.07 Å². The lowest BCUT2D eigenvalue weighted by Gasteiger charge is -2.13. The van der Waals surface area contributed by atoms with Crippen molar-refractivity contribution in [2.24, 2.45) is 5.92 Å². The van der Waals surface area contributed by atoms with Crippen LogP contribution in [0.5, 0.6) is 5.75 Å². The predicted octanol–water partition coefficient (Wildman–Crippen LogP) is 3.64. The van der Waals surface area contributed by atoms with Crippen molar-refractivity contribution in [2.75, 3.05) is 7.11 Å². The molecule has 2 nitrogen and oxygen atoms in total. The summed E-state index contributed by atoms with van der Waals surface area (Å²) in [6.07, 6.45) is 1.93. The van der Waals surface area contributed by atoms with Crippen molar-refractivity contribution in [3.05, 3.63) is 29.8 Å². The normalized spacial score (nSPS) is 22.7. The molecule has 18 heavy (non-hydrogen) atoms. The third kappa shape index (κ3) is 3.02. The van der Waals surface area contributed by atoms with E-state index >= 15 is 0 Å². The molecule has 0 heterocycles. The number of ether oxygens (including phenoxy) is 1. The molecule has 0 N–H and O–H groups in total. The Labute approximate surface area is 110 Å². The van der Waals surface area contributed by atoms with Gasteiger partial charge in [0.05, 0.1) is 7.11 Å². The average molecular weight is 262 g/mol. The van der Waals surface area contributed by atoms with Gasteiger partial charge < -0.3 is 9.53 Å². The molecule has 0 spiro atoms. The van der Waals surface area contributed by atoms with Gasteiger partial charge in [0.15, 0.2) is 0 Å². The largest absolute Gasteiger partial charge is 0.497 e. The maximum atomic E-state index is 12.1. The third-order valence-corrected chi connectivity index (χ3v) is 5.61. The van der Waals surface area contributed by atoms with Crippen molar-refractivity contribution in [2.45, 2.75) is 38.4 Å². The van der Waals surface area contributed by atoms with Gasteiger partial charge in [-0.2, -0.15) is 0 Å². The first-order valence-corrected chi connectivity index (χ1v) is 10.1. The van der Waals surface area contributed by atoms with Crippen LogP contribution in [0.4, 0.5) is 0 Å². The molecule has 1 aliphatic rings. The Morgan fingerprint density at radius 2 is 2.11 bits per heavy atom. The van der Waals surface area contributed by atoms with Crippen LogP contribution in [-0.4, -0.2) is 20.6 Å². The van der Waals surface area contributed by atoms with Gasteiger partial charge in [0, 0.05) is 6.42 Å². The molecule has 0 aliphatic heterocycles. The Morgan fingerprint density at radius 1 is 1.39 bits per heavy atom. The van der Waals surface area contributed by atoms with Gasteiger partial charge >= 0.3 is 0 Å². The Hall–Kier alpha value is -1.09. The summed E-state index contributed by atoms with van der Waals surface area (Å²) >= 11 is 0. The summed E-state index contributed by atoms with van der Waals surface area (Å²) in [4.78, 5) is 12.1. The fourth-order valence-corrected chi connectivity index (χ4v) is 3.17. The van der Waals surface area contributed by atoms with E-state index in [0.717, 1.165) is 18.6 Å². The van der Waals surface area contributed by atoms with E-state index in [1.54, 1.807) is 7.11 Å². The highest BCUT2D eigenvalue weighted by Gasteiger charge is 2.41. The van der Waals surface area contributed by atoms with E-state index in [-0.39, 0.29) is 0 Å². The molecule has 1 aromatic rings. The van der Waals surface area contributed by atoms with E-state index in [1.807, 2.05) is 12.1 Å². The first kappa shape index (κ1) is 13.3. The highest BCUT2D eigenvalue weighted by Crippen LogP contribution is 2.50. The van der Waals surface area contributed by atoms with Gasteiger partial charge in [-0.15, -0.1) is 0 Å². The second kappa shape index (κ2) is 4.88. The second-order valence-corrected chi connectivity index (χ2v) is 11.3. The van der Waals surface area contributed by atoms with E-state index in [1.165, 1.54) is 5.56 Å². The van der Waals surface area contributed by atoms with Gasteiger partial charge in [-0.1, -0.05) is 31.8 Å². The first-order valence-electron chi connectivity index (χ1n) is 6.59. The summed E-state index contributed by atoms with van der Waals surface area (Å²) in [5.74, 6) is 2.05. The van der Waals surface area contributed by atoms with Crippen molar-refractivity contribution in [3.8, 4) is 5.75 Å². The fraction of sp³-hybridized carbons (Fsp3) is 0.533. The molecule has 0 radical (unpaired) electrons. The van der Waals surface area contributed by atoms with E-state index in [4.69, 9.17) is 4.74 Å². The number of hydrogen-bond acceptors (Lipinski definition) is 2. The molecule has 1 aromatic carbocycles. The molecule has 0 bridgehead atoms. The van der Waals surface area contributed by atoms with Crippen LogP contribution in [0.15, 0.2) is 24.3 Å². The predicted molar refractivity (Wildman–Crippen MR) is 76.8 cm³/mol. The van der Waals surface area contributed by atoms with Crippen LogP contribution in [0.3, 0.4) is 0 Å². The smallest absolute Gasteiger partial charge is 0.123 e. The summed E-state index contributed by atoms with van der Waals surface area (Å²) in [7, 11) is 0.0974. The van der Waals surface area contributed by atoms with Crippen molar-refractivity contribution in [1.82, 2.24) is 0 Å². The molecule has 3 heteroatoms. The van der Waals surface area contributed by atoms with Crippen molar-refractivity contribution in [3.63, 3.8) is 0 Å². The summed E-state index contributed by atoms with van der Waals surface area (Å²) in [6, 6.07) is 8.24. The Morgan fingerprint density at radius 3 is 2.72 bits per heavy atom. The highest BCUT2D eigenvalue weighted by molar-refractivity contribution is 7.03. The molecule has 1 saturated carbocycles. The lowest BCUT2D eigenvalue weighted by Crippen LogP contribution is -2.33. The molecule has 0 aromatic heterocycles. The van der Waals surface area contributed by atoms with Crippen LogP contribution in [-0.2, 0) is 4.79 Å². The summed E-state index contributed by atoms with van der Waals surface area (Å²) in [5.41, 5.74) is 1.32. The molecule has 0 unspecified atom stereocenters. The molecular weight excluding hydrogens is 240 g/mol. The lowest BCUT2D eigenvalue weighted by atomic mass is 10.1. The van der Waals surface area contributed by atoms with Gasteiger partial charge in [0.25, 0.3) is 0 Å². The van der Waals surface area contributed by atoms with Crippen LogP contribution in [0.25, 0.3) is 0 Å². The quantitative estimate of drug-likeness (QED) is 0.757. The standard InChI is InChI=1S/C15H22O2Si/c1-17-13-7-5-6-11(8-13)14-9-12(14)10-15(16)18(2,3)4/h5-8,12,14H,9-10H2,1-4H3/t12-,14-/m0/s1. The van der Waals surface area contributed by atoms with E-state index in [9.17, 15) is 4.79 Å². The number of carbonyl (C=O) groups excluding carboxylic acids is 1. The van der Waals surface area contributed by atoms with Gasteiger partial charge in [-0.05, 0) is 36.0 Å². The Balaban J connectivity index is 1.97. The zero-order chi connectivity index (χ0) is 13.3. The van der Waals surface area contributed by atoms with Crippen LogP contribution in [0.1, 0.15) is 24.3 Å². The van der Waals surface area contributed by atoms with Gasteiger partial charge in [-0.3, -0.25) is 0 Å². The number of rotatable bonds is 5. The molecule has 0 amide bonds. The number of carbonyl (C=O) groups is 1. The zero-order valence-corrected chi connectivity index (χ0v) is 12.7. The molecule has 2 rings (SSSR count). The van der Waals surface area contributed by atoms with Gasteiger partial charge in [0.1, 0.15) is 19.2 Å². The number of methoxy groups -OCH3 is 1. The molecule has 1 aliphatic carbocycles. The summed E-state index contributed by atoms with van der Waals surface area (Å²) < 4.78 is 5.24. The minimum Gasteiger partial charge on any atom is -0.497 e. The third-order valence-electron chi connectivity index (χ3n) is 3.73. The van der Waals surface area contributed by atoms with Crippen LogP contribution in [0.2, 0.25) is 19.6 Å². The molecular formula is C15H22O2Si. The van der Waals surface area contributed by atoms with E-state index in [2.05, 4.69) is 31.8 Å². The van der Waals surface area contributed by atoms with E-state index in [0.29, 0.717) is 17.2 Å². The monoisotopic (exact) mass is 262 g/mol. The first-order chi connectivity index (χ1) is 8.41. The maximum absolute atomic E-state index is 12.1. The molecule has 1 fully saturated rings. The fourth-order valence-electron chi connectivity index (χ4n) is 2.30. The highest BCUT2D eigenvalue weighted by atomic mass is 28.3. The topological polar surface area (TPSA) is 26.3 Å². The van der Waals surface area contributed by atoms with Crippen LogP contribution >= 0.6 is 0 Å². The summed E-state index contributed by atoms with van der Waals surface area (Å²) in [6.45, 7) is 6.41. The minimum absolute atomic E-state index is 0.512. The van der Waals surface area contributed by atoms with Crippen molar-refractivity contribution >= 4 is 13.5 Å². The second-order valence-electron chi connectivity index (χ2n) is 6.26. The molecule has 2 atom stereocenters. The van der Waals surface area contributed by atoms with Crippen molar-refractivity contribution in [1.29, 1.82) is 0 Å². The Kier molecular flexibility index (Phi) is 3.62. The summed E-state index contributed by atoms with van der Waals surface area (Å²) in [5, 5.41) is 0.512. The lowest BCUT2D eigenvalue weighted by molar-refractivity contribution is -0.113. The van der Waals surface area contributed by atoms with Crippen LogP contribution in [0, 0.1) is 5.92 Å². The minimum atomic E-state index is -1.60. The zero-order valence-electron chi connectivity index (χ0n) is 11.7. The number of hydrogen-bond donors (Lipinski definition) is 0. The van der Waals surface area contributed by atoms with Crippen LogP contribution < -0.4 is 4.74 Å².